The second kappa shape index (κ2) is 4.80. The van der Waals surface area contributed by atoms with E-state index >= 15 is 0 Å². The fourth-order valence-corrected chi connectivity index (χ4v) is 2.28. The van der Waals surface area contributed by atoms with Crippen molar-refractivity contribution in [3.63, 3.8) is 0 Å². The van der Waals surface area contributed by atoms with Gasteiger partial charge in [-0.2, -0.15) is 0 Å². The maximum Gasteiger partial charge on any atom is 0.342 e. The number of hydrogen-bond donors (Lipinski definition) is 1. The van der Waals surface area contributed by atoms with Gasteiger partial charge >= 0.3 is 11.7 Å². The number of hydrogen-bond acceptors (Lipinski definition) is 4. The van der Waals surface area contributed by atoms with Gasteiger partial charge in [0.15, 0.2) is 0 Å². The predicted molar refractivity (Wildman–Crippen MR) is 71.2 cm³/mol. The number of nitrogens with zero attached hydrogens (tertiary/aromatic N) is 3. The van der Waals surface area contributed by atoms with E-state index < -0.39 is 22.1 Å². The first-order valence-electron chi connectivity index (χ1n) is 6.07. The van der Waals surface area contributed by atoms with Crippen molar-refractivity contribution < 1.29 is 14.8 Å². The SMILES string of the molecule is CCn1c(=O)n(CC)c2cc([N+](=O)[O-])c(C(=O)O)cc21. The van der Waals surface area contributed by atoms with Crippen LogP contribution in [0.2, 0.25) is 0 Å². The van der Waals surface area contributed by atoms with Crippen molar-refractivity contribution in [2.24, 2.45) is 0 Å². The van der Waals surface area contributed by atoms with Gasteiger partial charge in [0.25, 0.3) is 5.69 Å². The Kier molecular flexibility index (Phi) is 3.31. The number of nitro benzene ring substituents is 1. The zero-order chi connectivity index (χ0) is 15.0. The number of benzene rings is 1. The first-order valence-corrected chi connectivity index (χ1v) is 6.07. The number of carbonyl (C=O) groups is 1. The molecule has 0 bridgehead atoms. The van der Waals surface area contributed by atoms with Gasteiger partial charge in [-0.15, -0.1) is 0 Å². The minimum Gasteiger partial charge on any atom is -0.477 e. The van der Waals surface area contributed by atoms with Crippen LogP contribution in [-0.2, 0) is 13.1 Å². The average Bonchev–Trinajstić information content (AvgIpc) is 2.67. The van der Waals surface area contributed by atoms with Crippen LogP contribution < -0.4 is 5.69 Å². The van der Waals surface area contributed by atoms with Crippen molar-refractivity contribution >= 4 is 22.7 Å². The minimum atomic E-state index is -1.39. The Bertz CT molecular complexity index is 709. The Hall–Kier alpha value is -2.64. The van der Waals surface area contributed by atoms with E-state index in [1.807, 2.05) is 0 Å². The van der Waals surface area contributed by atoms with Crippen LogP contribution in [0.3, 0.4) is 0 Å². The van der Waals surface area contributed by atoms with Gasteiger partial charge in [-0.1, -0.05) is 0 Å². The Balaban J connectivity index is 2.98. The third-order valence-corrected chi connectivity index (χ3v) is 3.20. The molecule has 106 valence electrons. The molecule has 0 saturated heterocycles. The summed E-state index contributed by atoms with van der Waals surface area (Å²) < 4.78 is 2.78. The number of aryl methyl sites for hydroxylation is 2. The zero-order valence-corrected chi connectivity index (χ0v) is 11.0. The third kappa shape index (κ3) is 1.85. The Labute approximate surface area is 113 Å². The van der Waals surface area contributed by atoms with E-state index in [4.69, 9.17) is 5.11 Å². The molecule has 20 heavy (non-hydrogen) atoms. The molecule has 2 aromatic rings. The Morgan fingerprint density at radius 1 is 1.25 bits per heavy atom. The molecule has 0 aliphatic rings. The smallest absolute Gasteiger partial charge is 0.342 e. The monoisotopic (exact) mass is 279 g/mol. The molecule has 0 aliphatic heterocycles. The normalized spacial score (nSPS) is 10.9. The van der Waals surface area contributed by atoms with Crippen LogP contribution in [0.5, 0.6) is 0 Å². The van der Waals surface area contributed by atoms with Crippen LogP contribution in [0.1, 0.15) is 24.2 Å². The van der Waals surface area contributed by atoms with Crippen LogP contribution in [0.4, 0.5) is 5.69 Å². The largest absolute Gasteiger partial charge is 0.477 e. The second-order valence-electron chi connectivity index (χ2n) is 4.19. The van der Waals surface area contributed by atoms with Crippen LogP contribution in [0, 0.1) is 10.1 Å². The van der Waals surface area contributed by atoms with Crippen LogP contribution in [0.25, 0.3) is 11.0 Å². The molecule has 0 saturated carbocycles. The first-order chi connectivity index (χ1) is 9.42. The van der Waals surface area contributed by atoms with Crippen molar-refractivity contribution in [3.05, 3.63) is 38.3 Å². The lowest BCUT2D eigenvalue weighted by atomic mass is 10.1. The van der Waals surface area contributed by atoms with Crippen LogP contribution >= 0.6 is 0 Å². The Morgan fingerprint density at radius 3 is 2.15 bits per heavy atom. The highest BCUT2D eigenvalue weighted by atomic mass is 16.6. The van der Waals surface area contributed by atoms with E-state index in [9.17, 15) is 19.7 Å². The summed E-state index contributed by atoms with van der Waals surface area (Å²) in [5.74, 6) is -1.39. The molecule has 1 aromatic carbocycles. The van der Waals surface area contributed by atoms with Crippen molar-refractivity contribution in [1.29, 1.82) is 0 Å². The van der Waals surface area contributed by atoms with Crippen molar-refractivity contribution in [2.75, 3.05) is 0 Å². The molecule has 1 heterocycles. The molecule has 0 unspecified atom stereocenters. The number of aromatic nitrogens is 2. The van der Waals surface area contributed by atoms with E-state index in [2.05, 4.69) is 0 Å². The summed E-state index contributed by atoms with van der Waals surface area (Å²) in [5.41, 5.74) is -0.473. The standard InChI is InChI=1S/C12H13N3O5/c1-3-13-9-5-7(11(16)17)8(15(19)20)6-10(9)14(4-2)12(13)18/h5-6H,3-4H2,1-2H3,(H,16,17). The Morgan fingerprint density at radius 2 is 1.75 bits per heavy atom. The number of fused-ring (bicyclic) bond motifs is 1. The molecule has 0 amide bonds. The summed E-state index contributed by atoms with van der Waals surface area (Å²) in [6, 6.07) is 2.34. The van der Waals surface area contributed by atoms with Gasteiger partial charge in [-0.25, -0.2) is 9.59 Å². The number of rotatable bonds is 4. The van der Waals surface area contributed by atoms with Gasteiger partial charge in [-0.3, -0.25) is 19.2 Å². The molecular formula is C12H13N3O5. The highest BCUT2D eigenvalue weighted by Gasteiger charge is 2.24. The topological polar surface area (TPSA) is 107 Å². The first kappa shape index (κ1) is 13.8. The van der Waals surface area contributed by atoms with Gasteiger partial charge in [0.1, 0.15) is 5.56 Å². The quantitative estimate of drug-likeness (QED) is 0.673. The number of imidazole rings is 1. The summed E-state index contributed by atoms with van der Waals surface area (Å²) in [6.07, 6.45) is 0. The van der Waals surface area contributed by atoms with E-state index in [0.717, 1.165) is 6.07 Å². The van der Waals surface area contributed by atoms with E-state index in [0.29, 0.717) is 24.1 Å². The molecule has 2 rings (SSSR count). The number of carboxylic acids is 1. The lowest BCUT2D eigenvalue weighted by Gasteiger charge is -2.02. The highest BCUT2D eigenvalue weighted by molar-refractivity contribution is 5.97. The van der Waals surface area contributed by atoms with Crippen molar-refractivity contribution in [3.8, 4) is 0 Å². The molecule has 1 aromatic heterocycles. The maximum absolute atomic E-state index is 12.1. The number of carboxylic acid groups (broad SMARTS) is 1. The molecule has 8 heteroatoms. The lowest BCUT2D eigenvalue weighted by Crippen LogP contribution is -2.23. The van der Waals surface area contributed by atoms with Crippen LogP contribution in [-0.4, -0.2) is 25.1 Å². The zero-order valence-electron chi connectivity index (χ0n) is 11.0. The number of nitro groups is 1. The molecule has 0 fully saturated rings. The summed E-state index contributed by atoms with van der Waals surface area (Å²) in [7, 11) is 0. The summed E-state index contributed by atoms with van der Waals surface area (Å²) in [4.78, 5) is 33.5. The molecular weight excluding hydrogens is 266 g/mol. The van der Waals surface area contributed by atoms with Gasteiger partial charge in [-0.05, 0) is 19.9 Å². The minimum absolute atomic E-state index is 0.304. The highest BCUT2D eigenvalue weighted by Crippen LogP contribution is 2.25. The number of aromatic carboxylic acids is 1. The van der Waals surface area contributed by atoms with Crippen LogP contribution in [0.15, 0.2) is 16.9 Å². The van der Waals surface area contributed by atoms with E-state index in [1.54, 1.807) is 13.8 Å². The van der Waals surface area contributed by atoms with E-state index in [-0.39, 0.29) is 5.69 Å². The molecule has 1 N–H and O–H groups in total. The molecule has 0 spiro atoms. The fraction of sp³-hybridized carbons (Fsp3) is 0.333. The lowest BCUT2D eigenvalue weighted by molar-refractivity contribution is -0.385. The van der Waals surface area contributed by atoms with Crippen molar-refractivity contribution in [2.45, 2.75) is 26.9 Å². The fourth-order valence-electron chi connectivity index (χ4n) is 2.28. The van der Waals surface area contributed by atoms with E-state index in [1.165, 1.54) is 15.2 Å². The maximum atomic E-state index is 12.1. The second-order valence-corrected chi connectivity index (χ2v) is 4.19. The summed E-state index contributed by atoms with van der Waals surface area (Å²) in [5, 5.41) is 20.1. The summed E-state index contributed by atoms with van der Waals surface area (Å²) in [6.45, 7) is 4.21. The average molecular weight is 279 g/mol. The van der Waals surface area contributed by atoms with Gasteiger partial charge in [0.2, 0.25) is 0 Å². The molecule has 0 radical (unpaired) electrons. The molecule has 0 aliphatic carbocycles. The van der Waals surface area contributed by atoms with Gasteiger partial charge in [0, 0.05) is 19.2 Å². The molecule has 8 nitrogen and oxygen atoms in total. The van der Waals surface area contributed by atoms with Gasteiger partial charge in [0.05, 0.1) is 16.0 Å². The summed E-state index contributed by atoms with van der Waals surface area (Å²) >= 11 is 0. The predicted octanol–water partition coefficient (Wildman–Crippen LogP) is 1.45. The third-order valence-electron chi connectivity index (χ3n) is 3.20. The molecule has 0 atom stereocenters. The van der Waals surface area contributed by atoms with Gasteiger partial charge < -0.3 is 5.11 Å². The van der Waals surface area contributed by atoms with Crippen molar-refractivity contribution in [1.82, 2.24) is 9.13 Å².